The van der Waals surface area contributed by atoms with Gasteiger partial charge in [0.1, 0.15) is 5.82 Å². The number of nitrogens with zero attached hydrogens (tertiary/aromatic N) is 3. The summed E-state index contributed by atoms with van der Waals surface area (Å²) in [7, 11) is 0. The summed E-state index contributed by atoms with van der Waals surface area (Å²) in [5, 5.41) is 18.8. The first-order valence-electron chi connectivity index (χ1n) is 6.18. The van der Waals surface area contributed by atoms with Crippen molar-refractivity contribution < 1.29 is 94.3 Å². The average molecular weight is 417 g/mol. The Balaban J connectivity index is 0. The van der Waals surface area contributed by atoms with Gasteiger partial charge in [-0.05, 0) is 5.52 Å². The van der Waals surface area contributed by atoms with Crippen LogP contribution in [0.15, 0.2) is 6.33 Å². The molecule has 8 heteroatoms. The fraction of sp³-hybridized carbons (Fsp3) is 0.333. The largest absolute Gasteiger partial charge is 1.00 e. The Morgan fingerprint density at radius 1 is 1.43 bits per heavy atom. The zero-order valence-electron chi connectivity index (χ0n) is 14.0. The molecule has 0 unspecified atom stereocenters. The molecule has 0 amide bonds. The first-order valence-corrected chi connectivity index (χ1v) is 6.18. The summed E-state index contributed by atoms with van der Waals surface area (Å²) in [5.74, 6) is 0.276. The number of hydrogen-bond acceptors (Lipinski definition) is 5. The minimum atomic E-state index is -0.662. The predicted molar refractivity (Wildman–Crippen MR) is 83.9 cm³/mol. The number of fused-ring (bicyclic) bond motifs is 1. The van der Waals surface area contributed by atoms with E-state index < -0.39 is 5.41 Å². The molecule has 23 heavy (non-hydrogen) atoms. The molecule has 2 aromatic heterocycles. The monoisotopic (exact) mass is 417 g/mol. The second-order valence-corrected chi connectivity index (χ2v) is 5.22. The molecule has 0 spiro atoms. The summed E-state index contributed by atoms with van der Waals surface area (Å²) < 4.78 is 1.80. The minimum Gasteiger partial charge on any atom is -0.396 e. The van der Waals surface area contributed by atoms with Gasteiger partial charge in [-0.25, -0.2) is 4.98 Å². The van der Waals surface area contributed by atoms with Gasteiger partial charge in [-0.2, -0.15) is 13.0 Å². The van der Waals surface area contributed by atoms with E-state index in [4.69, 9.17) is 12.3 Å². The second-order valence-electron chi connectivity index (χ2n) is 5.22. The van der Waals surface area contributed by atoms with Crippen molar-refractivity contribution in [2.45, 2.75) is 13.5 Å². The molecule has 0 saturated heterocycles. The molecule has 0 aromatic carbocycles. The van der Waals surface area contributed by atoms with Crippen molar-refractivity contribution in [1.82, 2.24) is 14.5 Å². The molecule has 0 atom stereocenters. The Hall–Kier alpha value is 0.690. The number of pyridine rings is 1. The Bertz CT molecular complexity index is 656. The van der Waals surface area contributed by atoms with Crippen molar-refractivity contribution in [3.8, 4) is 0 Å². The summed E-state index contributed by atoms with van der Waals surface area (Å²) in [4.78, 5) is 8.35. The van der Waals surface area contributed by atoms with E-state index in [1.807, 2.05) is 0 Å². The van der Waals surface area contributed by atoms with Crippen LogP contribution in [0.4, 0.5) is 5.82 Å². The van der Waals surface area contributed by atoms with E-state index in [0.29, 0.717) is 28.8 Å². The molecular weight excluding hydrogens is 396 g/mol. The first kappa shape index (κ1) is 25.9. The molecule has 2 heterocycles. The van der Waals surface area contributed by atoms with Crippen LogP contribution >= 0.6 is 0 Å². The second kappa shape index (κ2) is 10.6. The molecular formula is C15H21KN4O2Y-2. The van der Waals surface area contributed by atoms with Gasteiger partial charge in [-0.3, -0.25) is 11.6 Å². The average Bonchev–Trinajstić information content (AvgIpc) is 2.87. The van der Waals surface area contributed by atoms with Gasteiger partial charge >= 0.3 is 51.4 Å². The Morgan fingerprint density at radius 3 is 2.48 bits per heavy atom. The third kappa shape index (κ3) is 5.33. The molecule has 4 N–H and O–H groups in total. The normalized spacial score (nSPS) is 10.4. The quantitative estimate of drug-likeness (QED) is 0.390. The molecule has 0 fully saturated rings. The van der Waals surface area contributed by atoms with Gasteiger partial charge in [0.2, 0.25) is 0 Å². The van der Waals surface area contributed by atoms with Gasteiger partial charge in [0.15, 0.2) is 0 Å². The standard InChI is InChI=1S/C14H18N4O2.CH3.K.Y/c1-4-10-9(2)12-11(13(15)17-10)16-8-18(12)5-14(3,6-19)7-20;;;/h1,4,8,19-20H,2,5-7H2,3H3,(H2,15,17);1H3;;/q-2;-1;+1;. The number of anilines is 1. The molecule has 0 aliphatic rings. The predicted octanol–water partition coefficient (Wildman–Crippen LogP) is -1.92. The summed E-state index contributed by atoms with van der Waals surface area (Å²) in [5.41, 5.74) is 7.55. The van der Waals surface area contributed by atoms with Gasteiger partial charge in [0.05, 0.1) is 25.1 Å². The summed E-state index contributed by atoms with van der Waals surface area (Å²) in [6.45, 7) is 11.3. The number of aliphatic hydroxyl groups excluding tert-OH is 2. The third-order valence-corrected chi connectivity index (χ3v) is 3.39. The number of aromatic nitrogens is 3. The van der Waals surface area contributed by atoms with Crippen LogP contribution in [0.3, 0.4) is 0 Å². The van der Waals surface area contributed by atoms with Gasteiger partial charge < -0.3 is 27.9 Å². The maximum Gasteiger partial charge on any atom is 1.00 e. The van der Waals surface area contributed by atoms with E-state index in [1.165, 1.54) is 6.08 Å². The summed E-state index contributed by atoms with van der Waals surface area (Å²) in [6, 6.07) is 0. The molecule has 2 aromatic rings. The smallest absolute Gasteiger partial charge is 0.396 e. The maximum absolute atomic E-state index is 9.41. The summed E-state index contributed by atoms with van der Waals surface area (Å²) in [6.07, 6.45) is 2.94. The van der Waals surface area contributed by atoms with E-state index in [1.54, 1.807) is 17.8 Å². The zero-order valence-corrected chi connectivity index (χ0v) is 19.9. The number of aliphatic hydroxyl groups is 2. The van der Waals surface area contributed by atoms with Crippen molar-refractivity contribution in [3.63, 3.8) is 0 Å². The van der Waals surface area contributed by atoms with Crippen molar-refractivity contribution >= 4 is 22.9 Å². The van der Waals surface area contributed by atoms with Crippen LogP contribution in [0.25, 0.3) is 17.1 Å². The van der Waals surface area contributed by atoms with Crippen molar-refractivity contribution in [2.24, 2.45) is 5.41 Å². The fourth-order valence-electron chi connectivity index (χ4n) is 2.08. The molecule has 2 rings (SSSR count). The molecule has 0 aliphatic carbocycles. The van der Waals surface area contributed by atoms with Crippen molar-refractivity contribution in [3.05, 3.63) is 38.5 Å². The van der Waals surface area contributed by atoms with Gasteiger partial charge in [-0.15, -0.1) is 5.56 Å². The van der Waals surface area contributed by atoms with E-state index in [0.717, 1.165) is 0 Å². The Morgan fingerprint density at radius 2 is 2.00 bits per heavy atom. The number of nitrogens with two attached hydrogens (primary N) is 1. The Labute approximate surface area is 205 Å². The van der Waals surface area contributed by atoms with E-state index >= 15 is 0 Å². The Kier molecular flexibility index (Phi) is 12.0. The number of rotatable bonds is 5. The van der Waals surface area contributed by atoms with Crippen molar-refractivity contribution in [1.29, 1.82) is 0 Å². The first-order chi connectivity index (χ1) is 9.45. The van der Waals surface area contributed by atoms with E-state index in [9.17, 15) is 10.2 Å². The molecule has 119 valence electrons. The number of imidazole rings is 1. The van der Waals surface area contributed by atoms with Crippen molar-refractivity contribution in [2.75, 3.05) is 18.9 Å². The molecule has 0 saturated carbocycles. The van der Waals surface area contributed by atoms with E-state index in [2.05, 4.69) is 16.9 Å². The van der Waals surface area contributed by atoms with Gasteiger partial charge in [0, 0.05) is 44.7 Å². The van der Waals surface area contributed by atoms with Gasteiger partial charge in [0.25, 0.3) is 0 Å². The van der Waals surface area contributed by atoms with Crippen LogP contribution < -0.4 is 57.1 Å². The van der Waals surface area contributed by atoms with Crippen LogP contribution in [0.5, 0.6) is 0 Å². The van der Waals surface area contributed by atoms with Crippen LogP contribution in [-0.4, -0.2) is 38.0 Å². The third-order valence-electron chi connectivity index (χ3n) is 3.39. The minimum absolute atomic E-state index is 0. The number of hydrogen-bond donors (Lipinski definition) is 3. The van der Waals surface area contributed by atoms with Crippen LogP contribution in [0, 0.1) is 26.3 Å². The molecule has 0 aliphatic heterocycles. The molecule has 0 bridgehead atoms. The van der Waals surface area contributed by atoms with Crippen LogP contribution in [0.1, 0.15) is 18.2 Å². The molecule has 1 radical (unpaired) electrons. The zero-order chi connectivity index (χ0) is 14.9. The topological polar surface area (TPSA) is 97.2 Å². The number of nitrogen functional groups attached to an aromatic ring is 1. The van der Waals surface area contributed by atoms with Crippen LogP contribution in [-0.2, 0) is 39.3 Å². The fourth-order valence-corrected chi connectivity index (χ4v) is 2.08. The SMILES string of the molecule is [CH-]=Cc1nc(N)c2ncn(CC(C)(CO)CO)c2c1[CH2-].[CH3-].[K+].[Y]. The van der Waals surface area contributed by atoms with E-state index in [-0.39, 0.29) is 111 Å². The van der Waals surface area contributed by atoms with Gasteiger partial charge in [-0.1, -0.05) is 12.6 Å². The summed E-state index contributed by atoms with van der Waals surface area (Å²) >= 11 is 0. The molecule has 6 nitrogen and oxygen atoms in total. The van der Waals surface area contributed by atoms with Crippen LogP contribution in [0.2, 0.25) is 0 Å². The maximum atomic E-state index is 9.41.